The minimum absolute atomic E-state index is 0.0792. The number of hydrogen-bond acceptors (Lipinski definition) is 6. The molecule has 0 spiro atoms. The van der Waals surface area contributed by atoms with E-state index < -0.39 is 17.4 Å². The number of fused-ring (bicyclic) bond motifs is 5. The fraction of sp³-hybridized carbons (Fsp3) is 0.833. The van der Waals surface area contributed by atoms with Crippen molar-refractivity contribution in [1.29, 1.82) is 0 Å². The molecule has 6 rings (SSSR count). The van der Waals surface area contributed by atoms with Crippen LogP contribution >= 0.6 is 0 Å². The second kappa shape index (κ2) is 8.87. The second-order valence-corrected chi connectivity index (χ2v) is 13.7. The summed E-state index contributed by atoms with van der Waals surface area (Å²) >= 11 is 0. The van der Waals surface area contributed by atoms with Crippen LogP contribution in [0, 0.1) is 22.7 Å². The number of rotatable bonds is 3. The Morgan fingerprint density at radius 3 is 2.49 bits per heavy atom. The third-order valence-corrected chi connectivity index (χ3v) is 12.6. The van der Waals surface area contributed by atoms with Crippen molar-refractivity contribution in [2.75, 3.05) is 20.1 Å². The summed E-state index contributed by atoms with van der Waals surface area (Å²) in [5.74, 6) is 0.599. The van der Waals surface area contributed by atoms with Gasteiger partial charge in [-0.3, -0.25) is 4.90 Å². The Bertz CT molecular complexity index is 1060. The molecule has 2 heterocycles. The molecule has 0 unspecified atom stereocenters. The third kappa shape index (κ3) is 3.66. The van der Waals surface area contributed by atoms with Crippen molar-refractivity contribution in [3.05, 3.63) is 34.4 Å². The van der Waals surface area contributed by atoms with Gasteiger partial charge in [0.1, 0.15) is 6.17 Å². The van der Waals surface area contributed by atoms with Crippen LogP contribution in [0.25, 0.3) is 0 Å². The number of piperidine rings is 1. The summed E-state index contributed by atoms with van der Waals surface area (Å²) < 4.78 is 20.0. The highest BCUT2D eigenvalue weighted by atomic mass is 19.1. The first-order valence-corrected chi connectivity index (χ1v) is 14.6. The fourth-order valence-corrected chi connectivity index (χ4v) is 10.2. The van der Waals surface area contributed by atoms with Gasteiger partial charge in [-0.2, -0.15) is 0 Å². The van der Waals surface area contributed by atoms with Gasteiger partial charge in [0, 0.05) is 30.1 Å². The zero-order valence-corrected chi connectivity index (χ0v) is 22.7. The van der Waals surface area contributed by atoms with E-state index in [-0.39, 0.29) is 46.3 Å². The van der Waals surface area contributed by atoms with E-state index in [1.54, 1.807) is 6.26 Å². The van der Waals surface area contributed by atoms with Gasteiger partial charge in [-0.1, -0.05) is 13.8 Å². The van der Waals surface area contributed by atoms with E-state index in [9.17, 15) is 19.4 Å². The zero-order valence-electron chi connectivity index (χ0n) is 22.7. The van der Waals surface area contributed by atoms with E-state index in [4.69, 9.17) is 4.42 Å². The molecule has 7 heteroatoms. The third-order valence-electron chi connectivity index (χ3n) is 12.6. The van der Waals surface area contributed by atoms with E-state index in [1.807, 2.05) is 6.07 Å². The average Bonchev–Trinajstić information content (AvgIpc) is 3.15. The first kappa shape index (κ1) is 26.0. The first-order chi connectivity index (χ1) is 17.5. The molecule has 0 aromatic carbocycles. The molecule has 10 atom stereocenters. The van der Waals surface area contributed by atoms with Crippen LogP contribution in [0.15, 0.2) is 27.6 Å². The van der Waals surface area contributed by atoms with E-state index >= 15 is 0 Å². The molecule has 5 fully saturated rings. The standard InChI is InChI=1S/C30H45FN2O4/c1-27-11-6-20(33(3)25-10-15-32-17-24(25)31)16-29(27,35)13-8-23-22(27)7-12-28(2)21(9-14-30(23,28)36)19-4-5-26(34)37-18-19/h4-5,18,20-25,32,35-36H,6-17H2,1-3H3/t20-,21-,22-,23-,24+,25-,27-,28-,29-,30-/m1/s1. The predicted octanol–water partition coefficient (Wildman–Crippen LogP) is 4.00. The number of nitrogens with one attached hydrogen (secondary N) is 1. The minimum atomic E-state index is -0.865. The first-order valence-electron chi connectivity index (χ1n) is 14.6. The van der Waals surface area contributed by atoms with Crippen molar-refractivity contribution >= 4 is 0 Å². The van der Waals surface area contributed by atoms with E-state index in [0.717, 1.165) is 63.5 Å². The quantitative estimate of drug-likeness (QED) is 0.563. The molecule has 1 aliphatic heterocycles. The van der Waals surface area contributed by atoms with Gasteiger partial charge in [0.2, 0.25) is 0 Å². The van der Waals surface area contributed by atoms with Crippen molar-refractivity contribution in [2.24, 2.45) is 22.7 Å². The lowest BCUT2D eigenvalue weighted by Gasteiger charge is -2.66. The molecule has 4 aliphatic carbocycles. The number of alkyl halides is 1. The number of halogens is 1. The molecule has 37 heavy (non-hydrogen) atoms. The predicted molar refractivity (Wildman–Crippen MR) is 140 cm³/mol. The lowest BCUT2D eigenvalue weighted by atomic mass is 9.41. The number of nitrogens with zero attached hydrogens (tertiary/aromatic N) is 1. The highest BCUT2D eigenvalue weighted by molar-refractivity contribution is 5.28. The zero-order chi connectivity index (χ0) is 26.2. The van der Waals surface area contributed by atoms with E-state index in [2.05, 4.69) is 31.1 Å². The maximum absolute atomic E-state index is 14.7. The molecule has 1 aromatic rings. The Balaban J connectivity index is 1.24. The summed E-state index contributed by atoms with van der Waals surface area (Å²) in [6.45, 7) is 5.79. The van der Waals surface area contributed by atoms with Crippen LogP contribution in [-0.2, 0) is 0 Å². The van der Waals surface area contributed by atoms with Crippen LogP contribution in [0.5, 0.6) is 0 Å². The van der Waals surface area contributed by atoms with Gasteiger partial charge in [0.05, 0.1) is 17.5 Å². The molecule has 206 valence electrons. The molecule has 6 nitrogen and oxygen atoms in total. The van der Waals surface area contributed by atoms with Crippen molar-refractivity contribution < 1.29 is 19.0 Å². The van der Waals surface area contributed by atoms with Gasteiger partial charge in [-0.05, 0) is 113 Å². The lowest BCUT2D eigenvalue weighted by Crippen LogP contribution is -2.68. The van der Waals surface area contributed by atoms with Crippen molar-refractivity contribution in [3.63, 3.8) is 0 Å². The molecule has 5 aliphatic rings. The van der Waals surface area contributed by atoms with Gasteiger partial charge in [-0.25, -0.2) is 9.18 Å². The monoisotopic (exact) mass is 516 g/mol. The van der Waals surface area contributed by atoms with Crippen molar-refractivity contribution in [3.8, 4) is 0 Å². The van der Waals surface area contributed by atoms with Crippen molar-refractivity contribution in [2.45, 2.75) is 113 Å². The Morgan fingerprint density at radius 2 is 1.76 bits per heavy atom. The summed E-state index contributed by atoms with van der Waals surface area (Å²) in [4.78, 5) is 13.8. The van der Waals surface area contributed by atoms with Gasteiger partial charge in [0.25, 0.3) is 0 Å². The molecule has 1 aromatic heterocycles. The molecule has 3 N–H and O–H groups in total. The summed E-state index contributed by atoms with van der Waals surface area (Å²) in [5, 5.41) is 27.9. The topological polar surface area (TPSA) is 85.9 Å². The van der Waals surface area contributed by atoms with Crippen molar-refractivity contribution in [1.82, 2.24) is 10.2 Å². The molecular formula is C30H45FN2O4. The molecule has 0 bridgehead atoms. The lowest BCUT2D eigenvalue weighted by molar-refractivity contribution is -0.251. The summed E-state index contributed by atoms with van der Waals surface area (Å²) in [5.41, 5.74) is -1.41. The van der Waals surface area contributed by atoms with E-state index in [0.29, 0.717) is 19.4 Å². The van der Waals surface area contributed by atoms with Crippen LogP contribution in [0.4, 0.5) is 4.39 Å². The molecular weight excluding hydrogens is 471 g/mol. The van der Waals surface area contributed by atoms with Crippen LogP contribution in [0.3, 0.4) is 0 Å². The molecule has 0 radical (unpaired) electrons. The average molecular weight is 517 g/mol. The van der Waals surface area contributed by atoms with Gasteiger partial charge in [-0.15, -0.1) is 0 Å². The minimum Gasteiger partial charge on any atom is -0.431 e. The van der Waals surface area contributed by atoms with Gasteiger partial charge in [0.15, 0.2) is 0 Å². The highest BCUT2D eigenvalue weighted by Crippen LogP contribution is 2.71. The molecule has 0 amide bonds. The largest absolute Gasteiger partial charge is 0.431 e. The van der Waals surface area contributed by atoms with E-state index in [1.165, 1.54) is 6.07 Å². The second-order valence-electron chi connectivity index (χ2n) is 13.7. The SMILES string of the molecule is CN([C@@H]1CC[C@]2(C)[C@@H]3CC[C@]4(C)[C@@H](c5ccc(=O)oc5)CC[C@@]4(O)[C@@H]3CC[C@@]2(O)C1)[C@@H]1CCNC[C@@H]1F. The Morgan fingerprint density at radius 1 is 1.00 bits per heavy atom. The fourth-order valence-electron chi connectivity index (χ4n) is 10.2. The van der Waals surface area contributed by atoms with Crippen LogP contribution in [0.2, 0.25) is 0 Å². The maximum Gasteiger partial charge on any atom is 0.335 e. The smallest absolute Gasteiger partial charge is 0.335 e. The molecule has 1 saturated heterocycles. The Kier molecular flexibility index (Phi) is 6.22. The van der Waals surface area contributed by atoms with Gasteiger partial charge < -0.3 is 19.9 Å². The summed E-state index contributed by atoms with van der Waals surface area (Å²) in [6, 6.07) is 3.48. The number of aliphatic hydroxyl groups is 2. The number of hydrogen-bond donors (Lipinski definition) is 3. The Hall–Kier alpha value is -1.28. The van der Waals surface area contributed by atoms with Gasteiger partial charge >= 0.3 is 5.63 Å². The summed E-state index contributed by atoms with van der Waals surface area (Å²) in [7, 11) is 2.06. The normalized spacial score (nSPS) is 49.8. The summed E-state index contributed by atoms with van der Waals surface area (Å²) in [6.07, 6.45) is 9.19. The van der Waals surface area contributed by atoms with Crippen LogP contribution in [0.1, 0.15) is 89.5 Å². The van der Waals surface area contributed by atoms with Crippen LogP contribution < -0.4 is 10.9 Å². The van der Waals surface area contributed by atoms with Crippen LogP contribution in [-0.4, -0.2) is 64.7 Å². The highest BCUT2D eigenvalue weighted by Gasteiger charge is 2.70. The Labute approximate surface area is 220 Å². The maximum atomic E-state index is 14.7. The molecule has 4 saturated carbocycles.